The number of methoxy groups -OCH3 is 1. The number of hydrogen-bond acceptors (Lipinski definition) is 3. The highest BCUT2D eigenvalue weighted by molar-refractivity contribution is 5.85. The first-order valence-electron chi connectivity index (χ1n) is 7.85. The summed E-state index contributed by atoms with van der Waals surface area (Å²) in [5.41, 5.74) is 7.20. The zero-order valence-electron chi connectivity index (χ0n) is 13.2. The molecule has 1 aromatic rings. The van der Waals surface area contributed by atoms with Gasteiger partial charge in [0.2, 0.25) is 5.91 Å². The highest BCUT2D eigenvalue weighted by Crippen LogP contribution is 2.23. The molecule has 5 heteroatoms. The van der Waals surface area contributed by atoms with Crippen LogP contribution >= 0.6 is 12.4 Å². The summed E-state index contributed by atoms with van der Waals surface area (Å²) < 4.78 is 5.13. The average Bonchev–Trinajstić information content (AvgIpc) is 2.52. The molecular weight excluding hydrogens is 300 g/mol. The molecule has 0 spiro atoms. The predicted molar refractivity (Wildman–Crippen MR) is 91.5 cm³/mol. The topological polar surface area (TPSA) is 64.3 Å². The van der Waals surface area contributed by atoms with E-state index in [-0.39, 0.29) is 30.3 Å². The first-order valence-corrected chi connectivity index (χ1v) is 7.85. The molecule has 22 heavy (non-hydrogen) atoms. The number of halogens is 1. The molecule has 0 bridgehead atoms. The maximum absolute atomic E-state index is 12.1. The minimum absolute atomic E-state index is 0. The summed E-state index contributed by atoms with van der Waals surface area (Å²) in [4.78, 5) is 12.1. The predicted octanol–water partition coefficient (Wildman–Crippen LogP) is 2.68. The molecule has 4 nitrogen and oxygen atoms in total. The summed E-state index contributed by atoms with van der Waals surface area (Å²) in [5.74, 6) is 1.18. The van der Waals surface area contributed by atoms with E-state index in [2.05, 4.69) is 17.4 Å². The lowest BCUT2D eigenvalue weighted by atomic mass is 9.85. The molecule has 1 fully saturated rings. The van der Waals surface area contributed by atoms with Crippen molar-refractivity contribution in [3.8, 4) is 5.75 Å². The Balaban J connectivity index is 0.00000242. The van der Waals surface area contributed by atoms with Crippen LogP contribution in [0.1, 0.15) is 37.7 Å². The van der Waals surface area contributed by atoms with E-state index in [0.29, 0.717) is 0 Å². The largest absolute Gasteiger partial charge is 0.497 e. The van der Waals surface area contributed by atoms with Crippen LogP contribution in [0.3, 0.4) is 0 Å². The van der Waals surface area contributed by atoms with Gasteiger partial charge < -0.3 is 15.8 Å². The highest BCUT2D eigenvalue weighted by Gasteiger charge is 2.24. The molecule has 124 valence electrons. The van der Waals surface area contributed by atoms with Crippen molar-refractivity contribution in [2.45, 2.75) is 44.6 Å². The first-order chi connectivity index (χ1) is 10.2. The van der Waals surface area contributed by atoms with Crippen LogP contribution in [0.5, 0.6) is 5.75 Å². The number of ether oxygens (including phenoxy) is 1. The molecule has 0 aromatic heterocycles. The fourth-order valence-corrected chi connectivity index (χ4v) is 2.91. The number of aryl methyl sites for hydroxylation is 1. The fourth-order valence-electron chi connectivity index (χ4n) is 2.91. The Morgan fingerprint density at radius 3 is 2.68 bits per heavy atom. The Morgan fingerprint density at radius 1 is 1.32 bits per heavy atom. The van der Waals surface area contributed by atoms with E-state index in [9.17, 15) is 4.79 Å². The number of hydrogen-bond donors (Lipinski definition) is 2. The second kappa shape index (κ2) is 9.70. The van der Waals surface area contributed by atoms with Crippen LogP contribution in [-0.4, -0.2) is 25.6 Å². The molecule has 2 unspecified atom stereocenters. The summed E-state index contributed by atoms with van der Waals surface area (Å²) in [5, 5.41) is 3.05. The number of carbonyl (C=O) groups excluding carboxylic acids is 1. The lowest BCUT2D eigenvalue weighted by Crippen LogP contribution is -2.38. The molecule has 1 aliphatic carbocycles. The molecule has 1 saturated carbocycles. The Labute approximate surface area is 139 Å². The molecule has 0 radical (unpaired) electrons. The Kier molecular flexibility index (Phi) is 8.28. The highest BCUT2D eigenvalue weighted by atomic mass is 35.5. The molecule has 2 rings (SSSR count). The van der Waals surface area contributed by atoms with E-state index >= 15 is 0 Å². The van der Waals surface area contributed by atoms with Gasteiger partial charge in [0.15, 0.2) is 0 Å². The van der Waals surface area contributed by atoms with E-state index in [1.165, 1.54) is 5.56 Å². The number of carbonyl (C=O) groups is 1. The summed E-state index contributed by atoms with van der Waals surface area (Å²) in [6.45, 7) is 0.733. The number of benzene rings is 1. The Morgan fingerprint density at radius 2 is 2.05 bits per heavy atom. The number of amides is 1. The molecule has 0 aliphatic heterocycles. The molecule has 1 aromatic carbocycles. The molecule has 1 amide bonds. The van der Waals surface area contributed by atoms with E-state index in [0.717, 1.165) is 50.8 Å². The van der Waals surface area contributed by atoms with E-state index < -0.39 is 0 Å². The molecule has 1 aliphatic rings. The van der Waals surface area contributed by atoms with Gasteiger partial charge >= 0.3 is 0 Å². The average molecular weight is 327 g/mol. The van der Waals surface area contributed by atoms with Crippen molar-refractivity contribution in [1.29, 1.82) is 0 Å². The summed E-state index contributed by atoms with van der Waals surface area (Å²) in [7, 11) is 1.67. The maximum atomic E-state index is 12.1. The zero-order valence-corrected chi connectivity index (χ0v) is 14.0. The van der Waals surface area contributed by atoms with Gasteiger partial charge in [0.05, 0.1) is 7.11 Å². The minimum Gasteiger partial charge on any atom is -0.497 e. The van der Waals surface area contributed by atoms with Crippen LogP contribution < -0.4 is 15.8 Å². The molecule has 3 N–H and O–H groups in total. The van der Waals surface area contributed by atoms with E-state index in [4.69, 9.17) is 10.5 Å². The van der Waals surface area contributed by atoms with E-state index in [1.54, 1.807) is 7.11 Å². The summed E-state index contributed by atoms with van der Waals surface area (Å²) in [6.07, 6.45) is 5.87. The van der Waals surface area contributed by atoms with Crippen molar-refractivity contribution in [1.82, 2.24) is 5.32 Å². The standard InChI is InChI=1S/C17H26N2O2.ClH/c1-21-16-9-7-13(8-10-16)4-3-11-19-17(20)14-5-2-6-15(18)12-14;/h7-10,14-15H,2-6,11-12,18H2,1H3,(H,19,20);1H. The van der Waals surface area contributed by atoms with Gasteiger partial charge in [0.25, 0.3) is 0 Å². The Bertz CT molecular complexity index is 450. The summed E-state index contributed by atoms with van der Waals surface area (Å²) >= 11 is 0. The van der Waals surface area contributed by atoms with Gasteiger partial charge in [0, 0.05) is 18.5 Å². The van der Waals surface area contributed by atoms with Gasteiger partial charge in [-0.2, -0.15) is 0 Å². The minimum atomic E-state index is 0. The van der Waals surface area contributed by atoms with Crippen LogP contribution in [0.4, 0.5) is 0 Å². The van der Waals surface area contributed by atoms with Gasteiger partial charge in [-0.15, -0.1) is 12.4 Å². The van der Waals surface area contributed by atoms with Crippen LogP contribution in [-0.2, 0) is 11.2 Å². The first kappa shape index (κ1) is 18.8. The third-order valence-electron chi connectivity index (χ3n) is 4.19. The van der Waals surface area contributed by atoms with Gasteiger partial charge in [0.1, 0.15) is 5.75 Å². The van der Waals surface area contributed by atoms with Crippen molar-refractivity contribution in [3.05, 3.63) is 29.8 Å². The number of nitrogens with two attached hydrogens (primary N) is 1. The lowest BCUT2D eigenvalue weighted by molar-refractivity contribution is -0.126. The molecule has 0 heterocycles. The van der Waals surface area contributed by atoms with Crippen LogP contribution in [0.2, 0.25) is 0 Å². The fraction of sp³-hybridized carbons (Fsp3) is 0.588. The van der Waals surface area contributed by atoms with Crippen LogP contribution in [0.25, 0.3) is 0 Å². The molecule has 0 saturated heterocycles. The van der Waals surface area contributed by atoms with Crippen molar-refractivity contribution in [3.63, 3.8) is 0 Å². The van der Waals surface area contributed by atoms with Gasteiger partial charge in [-0.3, -0.25) is 4.79 Å². The SMILES string of the molecule is COc1ccc(CCCNC(=O)C2CCCC(N)C2)cc1.Cl. The lowest BCUT2D eigenvalue weighted by Gasteiger charge is -2.25. The van der Waals surface area contributed by atoms with Crippen molar-refractivity contribution < 1.29 is 9.53 Å². The normalized spacial score (nSPS) is 20.8. The molecular formula is C17H27ClN2O2. The third kappa shape index (κ3) is 5.85. The second-order valence-corrected chi connectivity index (χ2v) is 5.87. The van der Waals surface area contributed by atoms with Crippen LogP contribution in [0.15, 0.2) is 24.3 Å². The Hall–Kier alpha value is -1.26. The maximum Gasteiger partial charge on any atom is 0.223 e. The van der Waals surface area contributed by atoms with Gasteiger partial charge in [-0.25, -0.2) is 0 Å². The van der Waals surface area contributed by atoms with E-state index in [1.807, 2.05) is 12.1 Å². The van der Waals surface area contributed by atoms with Gasteiger partial charge in [-0.05, 0) is 49.8 Å². The second-order valence-electron chi connectivity index (χ2n) is 5.87. The number of nitrogens with one attached hydrogen (secondary N) is 1. The summed E-state index contributed by atoms with van der Waals surface area (Å²) in [6, 6.07) is 8.28. The molecule has 2 atom stereocenters. The van der Waals surface area contributed by atoms with Crippen LogP contribution in [0, 0.1) is 5.92 Å². The quantitative estimate of drug-likeness (QED) is 0.790. The van der Waals surface area contributed by atoms with Crippen molar-refractivity contribution >= 4 is 18.3 Å². The van der Waals surface area contributed by atoms with Crippen molar-refractivity contribution in [2.24, 2.45) is 11.7 Å². The smallest absolute Gasteiger partial charge is 0.223 e. The zero-order chi connectivity index (χ0) is 15.1. The third-order valence-corrected chi connectivity index (χ3v) is 4.19. The number of rotatable bonds is 6. The monoisotopic (exact) mass is 326 g/mol. The van der Waals surface area contributed by atoms with Crippen molar-refractivity contribution in [2.75, 3.05) is 13.7 Å². The van der Waals surface area contributed by atoms with Gasteiger partial charge in [-0.1, -0.05) is 18.6 Å².